The van der Waals surface area contributed by atoms with Crippen molar-refractivity contribution in [3.63, 3.8) is 0 Å². The van der Waals surface area contributed by atoms with Crippen LogP contribution in [0.15, 0.2) is 82.6 Å². The molecule has 0 aliphatic rings. The van der Waals surface area contributed by atoms with Crippen molar-refractivity contribution < 1.29 is 17.6 Å². The van der Waals surface area contributed by atoms with Gasteiger partial charge in [-0.3, -0.25) is 5.32 Å². The zero-order chi connectivity index (χ0) is 21.3. The second-order valence-electron chi connectivity index (χ2n) is 6.42. The molecule has 3 N–H and O–H groups in total. The van der Waals surface area contributed by atoms with Gasteiger partial charge >= 0.3 is 6.03 Å². The molecule has 152 valence electrons. The molecule has 2 amide bonds. The van der Waals surface area contributed by atoms with Gasteiger partial charge < -0.3 is 10.3 Å². The number of aromatic amines is 1. The standard InChI is InChI=1S/C21H15ClFN3O3S/c22-13-9-10-18-17(11-13)19(30(28,29)16-7-2-1-3-8-16)20(25-18)26-21(27)24-15-6-4-5-14(23)12-15/h1-12,25H,(H2,24,26,27). The molecule has 4 aromatic rings. The maximum Gasteiger partial charge on any atom is 0.324 e. The fourth-order valence-corrected chi connectivity index (χ4v) is 4.82. The van der Waals surface area contributed by atoms with Gasteiger partial charge in [0.25, 0.3) is 0 Å². The molecule has 0 radical (unpaired) electrons. The second-order valence-corrected chi connectivity index (χ2v) is 8.75. The minimum absolute atomic E-state index is 0.0231. The molecule has 30 heavy (non-hydrogen) atoms. The largest absolute Gasteiger partial charge is 0.340 e. The summed E-state index contributed by atoms with van der Waals surface area (Å²) in [4.78, 5) is 15.3. The number of benzene rings is 3. The Hall–Kier alpha value is -3.36. The van der Waals surface area contributed by atoms with E-state index in [1.165, 1.54) is 36.4 Å². The number of hydrogen-bond donors (Lipinski definition) is 3. The van der Waals surface area contributed by atoms with Crippen molar-refractivity contribution in [3.05, 3.63) is 83.6 Å². The van der Waals surface area contributed by atoms with E-state index in [9.17, 15) is 17.6 Å². The van der Waals surface area contributed by atoms with Gasteiger partial charge in [0.2, 0.25) is 9.84 Å². The average Bonchev–Trinajstić information content (AvgIpc) is 3.06. The first-order valence-electron chi connectivity index (χ1n) is 8.79. The van der Waals surface area contributed by atoms with Crippen LogP contribution in [0.1, 0.15) is 0 Å². The summed E-state index contributed by atoms with van der Waals surface area (Å²) >= 11 is 6.08. The Morgan fingerprint density at radius 1 is 0.933 bits per heavy atom. The maximum absolute atomic E-state index is 13.4. The van der Waals surface area contributed by atoms with Gasteiger partial charge in [-0.1, -0.05) is 35.9 Å². The quantitative estimate of drug-likeness (QED) is 0.392. The van der Waals surface area contributed by atoms with Gasteiger partial charge in [-0.2, -0.15) is 0 Å². The molecule has 3 aromatic carbocycles. The van der Waals surface area contributed by atoms with E-state index in [0.717, 1.165) is 6.07 Å². The molecule has 6 nitrogen and oxygen atoms in total. The number of rotatable bonds is 4. The van der Waals surface area contributed by atoms with Crippen molar-refractivity contribution in [2.45, 2.75) is 9.79 Å². The smallest absolute Gasteiger partial charge is 0.324 e. The number of H-pyrrole nitrogens is 1. The molecule has 9 heteroatoms. The van der Waals surface area contributed by atoms with Gasteiger partial charge in [0.05, 0.1) is 4.90 Å². The molecule has 1 heterocycles. The SMILES string of the molecule is O=C(Nc1cccc(F)c1)Nc1[nH]c2ccc(Cl)cc2c1S(=O)(=O)c1ccccc1. The third kappa shape index (κ3) is 3.87. The number of amides is 2. The number of carbonyl (C=O) groups is 1. The fourth-order valence-electron chi connectivity index (χ4n) is 3.07. The average molecular weight is 444 g/mol. The van der Waals surface area contributed by atoms with Crippen LogP contribution < -0.4 is 10.6 Å². The maximum atomic E-state index is 13.4. The summed E-state index contributed by atoms with van der Waals surface area (Å²) in [5, 5.41) is 5.68. The molecule has 0 aliphatic heterocycles. The van der Waals surface area contributed by atoms with E-state index in [0.29, 0.717) is 15.9 Å². The Kier molecular flexibility index (Phi) is 5.19. The second kappa shape index (κ2) is 7.81. The molecule has 0 unspecified atom stereocenters. The highest BCUT2D eigenvalue weighted by molar-refractivity contribution is 7.92. The first kappa shape index (κ1) is 19.9. The van der Waals surface area contributed by atoms with E-state index in [1.54, 1.807) is 30.3 Å². The van der Waals surface area contributed by atoms with Crippen LogP contribution in [0.3, 0.4) is 0 Å². The number of hydrogen-bond acceptors (Lipinski definition) is 3. The Labute approximate surface area is 176 Å². The van der Waals surface area contributed by atoms with Crippen molar-refractivity contribution in [1.82, 2.24) is 4.98 Å². The third-order valence-electron chi connectivity index (χ3n) is 4.36. The zero-order valence-electron chi connectivity index (χ0n) is 15.3. The number of anilines is 2. The van der Waals surface area contributed by atoms with Gasteiger partial charge in [0, 0.05) is 21.6 Å². The highest BCUT2D eigenvalue weighted by atomic mass is 35.5. The zero-order valence-corrected chi connectivity index (χ0v) is 16.9. The van der Waals surface area contributed by atoms with Crippen molar-refractivity contribution in [2.24, 2.45) is 0 Å². The molecule has 0 bridgehead atoms. The lowest BCUT2D eigenvalue weighted by atomic mass is 10.2. The molecule has 0 spiro atoms. The lowest BCUT2D eigenvalue weighted by Crippen LogP contribution is -2.21. The monoisotopic (exact) mass is 443 g/mol. The summed E-state index contributed by atoms with van der Waals surface area (Å²) in [6, 6.07) is 17.2. The molecule has 0 saturated heterocycles. The van der Waals surface area contributed by atoms with Crippen LogP contribution in [0.4, 0.5) is 20.7 Å². The third-order valence-corrected chi connectivity index (χ3v) is 6.45. The van der Waals surface area contributed by atoms with Gasteiger partial charge in [0.15, 0.2) is 0 Å². The first-order valence-corrected chi connectivity index (χ1v) is 10.7. The predicted molar refractivity (Wildman–Crippen MR) is 114 cm³/mol. The lowest BCUT2D eigenvalue weighted by molar-refractivity contribution is 0.262. The van der Waals surface area contributed by atoms with Crippen LogP contribution >= 0.6 is 11.6 Å². The Bertz CT molecular complexity index is 1350. The molecular weight excluding hydrogens is 429 g/mol. The van der Waals surface area contributed by atoms with Gasteiger partial charge in [0.1, 0.15) is 16.5 Å². The molecule has 1 aromatic heterocycles. The lowest BCUT2D eigenvalue weighted by Gasteiger charge is -2.10. The van der Waals surface area contributed by atoms with Crippen LogP contribution in [0, 0.1) is 5.82 Å². The topological polar surface area (TPSA) is 91.1 Å². The van der Waals surface area contributed by atoms with Crippen LogP contribution in [0.2, 0.25) is 5.02 Å². The van der Waals surface area contributed by atoms with E-state index >= 15 is 0 Å². The predicted octanol–water partition coefficient (Wildman–Crippen LogP) is 5.44. The summed E-state index contributed by atoms with van der Waals surface area (Å²) in [6.07, 6.45) is 0. The Balaban J connectivity index is 1.78. The summed E-state index contributed by atoms with van der Waals surface area (Å²) in [5.74, 6) is -0.537. The number of sulfone groups is 1. The molecule has 0 fully saturated rings. The highest BCUT2D eigenvalue weighted by Crippen LogP contribution is 2.36. The van der Waals surface area contributed by atoms with Gasteiger partial charge in [-0.25, -0.2) is 17.6 Å². The van der Waals surface area contributed by atoms with Crippen LogP contribution in [0.25, 0.3) is 10.9 Å². The van der Waals surface area contributed by atoms with Crippen molar-refractivity contribution in [2.75, 3.05) is 10.6 Å². The fraction of sp³-hybridized carbons (Fsp3) is 0. The first-order chi connectivity index (χ1) is 14.3. The molecule has 4 rings (SSSR count). The number of fused-ring (bicyclic) bond motifs is 1. The molecule has 0 aliphatic carbocycles. The van der Waals surface area contributed by atoms with E-state index in [1.807, 2.05) is 0 Å². The van der Waals surface area contributed by atoms with E-state index in [2.05, 4.69) is 15.6 Å². The minimum Gasteiger partial charge on any atom is -0.340 e. The van der Waals surface area contributed by atoms with Crippen LogP contribution in [-0.2, 0) is 9.84 Å². The normalized spacial score (nSPS) is 11.4. The van der Waals surface area contributed by atoms with Crippen molar-refractivity contribution >= 4 is 49.9 Å². The molecular formula is C21H15ClFN3O3S. The van der Waals surface area contributed by atoms with E-state index < -0.39 is 21.7 Å². The summed E-state index contributed by atoms with van der Waals surface area (Å²) < 4.78 is 40.0. The number of carbonyl (C=O) groups excluding carboxylic acids is 1. The highest BCUT2D eigenvalue weighted by Gasteiger charge is 2.27. The molecule has 0 saturated carbocycles. The Morgan fingerprint density at radius 3 is 2.43 bits per heavy atom. The van der Waals surface area contributed by atoms with Crippen molar-refractivity contribution in [3.8, 4) is 0 Å². The minimum atomic E-state index is -3.99. The number of aromatic nitrogens is 1. The summed E-state index contributed by atoms with van der Waals surface area (Å²) in [6.45, 7) is 0. The summed E-state index contributed by atoms with van der Waals surface area (Å²) in [7, 11) is -3.99. The van der Waals surface area contributed by atoms with E-state index in [4.69, 9.17) is 11.6 Å². The van der Waals surface area contributed by atoms with Gasteiger partial charge in [-0.05, 0) is 48.5 Å². The van der Waals surface area contributed by atoms with Crippen LogP contribution in [0.5, 0.6) is 0 Å². The van der Waals surface area contributed by atoms with Gasteiger partial charge in [-0.15, -0.1) is 0 Å². The van der Waals surface area contributed by atoms with E-state index in [-0.39, 0.29) is 21.3 Å². The number of nitrogens with one attached hydrogen (secondary N) is 3. The Morgan fingerprint density at radius 2 is 1.70 bits per heavy atom. The van der Waals surface area contributed by atoms with Crippen LogP contribution in [-0.4, -0.2) is 19.4 Å². The molecule has 0 atom stereocenters. The number of urea groups is 1. The van der Waals surface area contributed by atoms with Crippen molar-refractivity contribution in [1.29, 1.82) is 0 Å². The number of halogens is 2. The summed E-state index contributed by atoms with van der Waals surface area (Å²) in [5.41, 5.74) is 0.703.